The molecule has 1 amide bonds. The standard InChI is InChI=1S/C25H34Cl2N6O4/c1-4-20(36-3)21(27)23(19(26)13-34)31-25(35)18-15-37-14-17-22(18)29-16-30-24(17)28-7-6-8-33-11-9-32(5-2)10-12-33/h4,15-16,34H,1,5-14H2,2-3H3,(H,31,35)(H,28,29,30)/b21-20-,23-19-. The summed E-state index contributed by atoms with van der Waals surface area (Å²) in [6.45, 7) is 12.7. The number of anilines is 1. The molecule has 1 fully saturated rings. The van der Waals surface area contributed by atoms with E-state index in [1.165, 1.54) is 25.8 Å². The molecule has 3 rings (SSSR count). The first-order valence-corrected chi connectivity index (χ1v) is 12.9. The Morgan fingerprint density at radius 2 is 2.00 bits per heavy atom. The number of carbonyl (C=O) groups is 1. The monoisotopic (exact) mass is 552 g/mol. The third-order valence-electron chi connectivity index (χ3n) is 6.22. The smallest absolute Gasteiger partial charge is 0.261 e. The van der Waals surface area contributed by atoms with Crippen LogP contribution in [0.25, 0.3) is 5.57 Å². The number of rotatable bonds is 12. The van der Waals surface area contributed by atoms with Gasteiger partial charge in [0, 0.05) is 32.7 Å². The minimum absolute atomic E-state index is 0.00668. The van der Waals surface area contributed by atoms with Crippen molar-refractivity contribution in [2.75, 3.05) is 64.8 Å². The number of aliphatic hydroxyl groups excluding tert-OH is 1. The Morgan fingerprint density at radius 1 is 1.27 bits per heavy atom. The highest BCUT2D eigenvalue weighted by molar-refractivity contribution is 6.36. The molecule has 0 aromatic carbocycles. The topological polar surface area (TPSA) is 112 Å². The molecule has 0 aliphatic carbocycles. The molecule has 0 spiro atoms. The lowest BCUT2D eigenvalue weighted by atomic mass is 10.1. The van der Waals surface area contributed by atoms with Crippen LogP contribution in [0.5, 0.6) is 0 Å². The molecule has 0 bridgehead atoms. The van der Waals surface area contributed by atoms with Gasteiger partial charge in [0.25, 0.3) is 5.91 Å². The number of nitrogens with zero attached hydrogens (tertiary/aromatic N) is 4. The van der Waals surface area contributed by atoms with Gasteiger partial charge in [-0.3, -0.25) is 4.79 Å². The van der Waals surface area contributed by atoms with Gasteiger partial charge in [-0.1, -0.05) is 36.7 Å². The van der Waals surface area contributed by atoms with E-state index in [1.54, 1.807) is 0 Å². The summed E-state index contributed by atoms with van der Waals surface area (Å²) >= 11 is 12.5. The summed E-state index contributed by atoms with van der Waals surface area (Å²) in [6, 6.07) is 0. The van der Waals surface area contributed by atoms with Crippen LogP contribution in [-0.4, -0.2) is 90.3 Å². The Balaban J connectivity index is 1.68. The Kier molecular flexibility index (Phi) is 11.2. The number of nitrogens with one attached hydrogen (secondary N) is 2. The zero-order valence-electron chi connectivity index (χ0n) is 21.2. The molecule has 0 saturated carbocycles. The van der Waals surface area contributed by atoms with Crippen LogP contribution in [0.15, 0.2) is 46.8 Å². The summed E-state index contributed by atoms with van der Waals surface area (Å²) < 4.78 is 10.7. The summed E-state index contributed by atoms with van der Waals surface area (Å²) in [5.41, 5.74) is 1.28. The zero-order chi connectivity index (χ0) is 26.8. The molecule has 202 valence electrons. The van der Waals surface area contributed by atoms with Crippen molar-refractivity contribution < 1.29 is 19.4 Å². The van der Waals surface area contributed by atoms with E-state index in [1.807, 2.05) is 0 Å². The average molecular weight is 553 g/mol. The predicted molar refractivity (Wildman–Crippen MR) is 145 cm³/mol. The number of hydrogen-bond acceptors (Lipinski definition) is 9. The minimum Gasteiger partial charge on any atom is -0.495 e. The fourth-order valence-electron chi connectivity index (χ4n) is 4.08. The number of likely N-dealkylation sites (N-methyl/N-ethyl adjacent to an activating group) is 1. The van der Waals surface area contributed by atoms with Crippen molar-refractivity contribution in [2.45, 2.75) is 20.0 Å². The van der Waals surface area contributed by atoms with Crippen LogP contribution in [0.1, 0.15) is 24.6 Å². The van der Waals surface area contributed by atoms with Gasteiger partial charge in [-0.2, -0.15) is 0 Å². The Morgan fingerprint density at radius 3 is 2.65 bits per heavy atom. The lowest BCUT2D eigenvalue weighted by molar-refractivity contribution is -0.115. The van der Waals surface area contributed by atoms with Crippen LogP contribution < -0.4 is 10.6 Å². The number of halogens is 2. The van der Waals surface area contributed by atoms with Crippen molar-refractivity contribution in [2.24, 2.45) is 0 Å². The Bertz CT molecular complexity index is 1070. The molecular weight excluding hydrogens is 519 g/mol. The van der Waals surface area contributed by atoms with Gasteiger partial charge in [-0.15, -0.1) is 0 Å². The summed E-state index contributed by atoms with van der Waals surface area (Å²) in [5, 5.41) is 15.5. The lowest BCUT2D eigenvalue weighted by Gasteiger charge is -2.34. The van der Waals surface area contributed by atoms with E-state index in [2.05, 4.69) is 43.9 Å². The molecule has 1 saturated heterocycles. The van der Waals surface area contributed by atoms with Crippen molar-refractivity contribution in [3.05, 3.63) is 58.0 Å². The van der Waals surface area contributed by atoms with E-state index in [4.69, 9.17) is 32.7 Å². The number of piperazine rings is 1. The van der Waals surface area contributed by atoms with Crippen molar-refractivity contribution in [1.82, 2.24) is 25.1 Å². The normalized spacial score (nSPS) is 17.5. The van der Waals surface area contributed by atoms with E-state index < -0.39 is 12.5 Å². The fraction of sp³-hybridized carbons (Fsp3) is 0.480. The number of allylic oxidation sites excluding steroid dienone is 2. The van der Waals surface area contributed by atoms with Crippen LogP contribution in [0.3, 0.4) is 0 Å². The third-order valence-corrected chi connectivity index (χ3v) is 6.90. The number of carbonyl (C=O) groups excluding carboxylic acids is 1. The molecule has 2 aliphatic heterocycles. The minimum atomic E-state index is -0.573. The highest BCUT2D eigenvalue weighted by Crippen LogP contribution is 2.29. The molecule has 0 unspecified atom stereocenters. The van der Waals surface area contributed by atoms with Gasteiger partial charge in [0.05, 0.1) is 42.0 Å². The van der Waals surface area contributed by atoms with E-state index in [-0.39, 0.29) is 33.7 Å². The molecule has 10 nitrogen and oxygen atoms in total. The average Bonchev–Trinajstić information content (AvgIpc) is 2.94. The maximum Gasteiger partial charge on any atom is 0.261 e. The van der Waals surface area contributed by atoms with Gasteiger partial charge in [-0.25, -0.2) is 9.97 Å². The van der Waals surface area contributed by atoms with Gasteiger partial charge in [0.2, 0.25) is 0 Å². The van der Waals surface area contributed by atoms with Crippen molar-refractivity contribution in [3.63, 3.8) is 0 Å². The van der Waals surface area contributed by atoms with Crippen molar-refractivity contribution in [1.29, 1.82) is 0 Å². The second kappa shape index (κ2) is 14.3. The fourth-order valence-corrected chi connectivity index (χ4v) is 4.59. The molecular formula is C25H34Cl2N6O4. The highest BCUT2D eigenvalue weighted by Gasteiger charge is 2.26. The number of methoxy groups -OCH3 is 1. The van der Waals surface area contributed by atoms with E-state index in [0.29, 0.717) is 17.1 Å². The lowest BCUT2D eigenvalue weighted by Crippen LogP contribution is -2.46. The maximum atomic E-state index is 13.2. The SMILES string of the molecule is C=C/C(OC)=C(Cl)\C(NC(=O)C1=COCc2c(NCCCN3CCN(CC)CC3)ncnc21)=C(\Cl)CO. The quantitative estimate of drug-likeness (QED) is 0.204. The van der Waals surface area contributed by atoms with Gasteiger partial charge in [0.15, 0.2) is 0 Å². The number of hydrogen-bond donors (Lipinski definition) is 3. The number of amides is 1. The third kappa shape index (κ3) is 7.45. The molecule has 1 aromatic heterocycles. The largest absolute Gasteiger partial charge is 0.495 e. The molecule has 2 aliphatic rings. The molecule has 3 N–H and O–H groups in total. The van der Waals surface area contributed by atoms with Gasteiger partial charge in [-0.05, 0) is 25.6 Å². The first-order valence-electron chi connectivity index (χ1n) is 12.1. The van der Waals surface area contributed by atoms with E-state index in [9.17, 15) is 9.90 Å². The Hall–Kier alpha value is -2.63. The number of aromatic nitrogens is 2. The summed E-state index contributed by atoms with van der Waals surface area (Å²) in [5.74, 6) is 0.226. The predicted octanol–water partition coefficient (Wildman–Crippen LogP) is 2.63. The summed E-state index contributed by atoms with van der Waals surface area (Å²) in [6.07, 6.45) is 5.06. The van der Waals surface area contributed by atoms with Gasteiger partial charge >= 0.3 is 0 Å². The molecule has 1 aromatic rings. The van der Waals surface area contributed by atoms with Crippen LogP contribution in [0, 0.1) is 0 Å². The summed E-state index contributed by atoms with van der Waals surface area (Å²) in [7, 11) is 1.40. The van der Waals surface area contributed by atoms with Crippen LogP contribution in [0.2, 0.25) is 0 Å². The maximum absolute atomic E-state index is 13.2. The zero-order valence-corrected chi connectivity index (χ0v) is 22.7. The molecule has 3 heterocycles. The Labute approximate surface area is 227 Å². The molecule has 0 atom stereocenters. The highest BCUT2D eigenvalue weighted by atomic mass is 35.5. The first kappa shape index (κ1) is 28.9. The van der Waals surface area contributed by atoms with Crippen LogP contribution in [0.4, 0.5) is 5.82 Å². The molecule has 12 heteroatoms. The van der Waals surface area contributed by atoms with Gasteiger partial charge in [0.1, 0.15) is 35.1 Å². The van der Waals surface area contributed by atoms with Crippen molar-refractivity contribution in [3.8, 4) is 0 Å². The summed E-state index contributed by atoms with van der Waals surface area (Å²) in [4.78, 5) is 26.8. The van der Waals surface area contributed by atoms with Crippen LogP contribution in [-0.2, 0) is 20.9 Å². The molecule has 0 radical (unpaired) electrons. The van der Waals surface area contributed by atoms with E-state index >= 15 is 0 Å². The number of ether oxygens (including phenoxy) is 2. The number of fused-ring (bicyclic) bond motifs is 1. The van der Waals surface area contributed by atoms with Crippen LogP contribution >= 0.6 is 23.2 Å². The van der Waals surface area contributed by atoms with Crippen molar-refractivity contribution >= 4 is 40.5 Å². The van der Waals surface area contributed by atoms with E-state index in [0.717, 1.165) is 52.2 Å². The first-order chi connectivity index (χ1) is 17.9. The second-order valence-electron chi connectivity index (χ2n) is 8.43. The molecule has 37 heavy (non-hydrogen) atoms. The number of aliphatic hydroxyl groups is 1. The second-order valence-corrected chi connectivity index (χ2v) is 9.26. The van der Waals surface area contributed by atoms with Gasteiger partial charge < -0.3 is 35.0 Å².